The van der Waals surface area contributed by atoms with Gasteiger partial charge in [0.15, 0.2) is 0 Å². The number of ether oxygens (including phenoxy) is 2. The molecule has 2 aliphatic rings. The molecule has 0 atom stereocenters. The van der Waals surface area contributed by atoms with E-state index < -0.39 is 18.1 Å². The minimum atomic E-state index is -5.19. The third kappa shape index (κ3) is 8.76. The maximum Gasteiger partial charge on any atom is 0.430 e. The van der Waals surface area contributed by atoms with Crippen LogP contribution < -0.4 is 24.4 Å². The zero-order valence-electron chi connectivity index (χ0n) is 25.9. The zero-order valence-corrected chi connectivity index (χ0v) is 25.9. The van der Waals surface area contributed by atoms with Crippen LogP contribution in [0.4, 0.5) is 23.4 Å². The highest BCUT2D eigenvalue weighted by Crippen LogP contribution is 2.42. The molecule has 2 aromatic carbocycles. The molecule has 0 saturated carbocycles. The van der Waals surface area contributed by atoms with Crippen molar-refractivity contribution in [2.24, 2.45) is 5.41 Å². The van der Waals surface area contributed by atoms with Gasteiger partial charge in [0.05, 0.1) is 37.4 Å². The van der Waals surface area contributed by atoms with Crippen molar-refractivity contribution in [3.63, 3.8) is 0 Å². The number of benzene rings is 2. The van der Waals surface area contributed by atoms with Crippen molar-refractivity contribution in [1.82, 2.24) is 4.98 Å². The quantitative estimate of drug-likeness (QED) is 0.334. The standard InChI is InChI=1S/C31H34FN3O5.C2HF3O2/c1-3-39-25-15-21(16-26(40-4-2)29(25)22-5-7-24(32)8-6-22)19-34-13-10-31(11-14-34)18-28(36)35(20-31)27-17-23(30(37)38)9-12-33-27;3-2(4,5)1(6)7/h5-9,12,15-17H,3-4,10-11,13-14,18-20H2,1-2H3,(H,37,38);(H,6,7). The summed E-state index contributed by atoms with van der Waals surface area (Å²) in [6, 6.07) is 13.4. The number of pyridine rings is 1. The fraction of sp³-hybridized carbons (Fsp3) is 0.394. The number of aromatic nitrogens is 1. The lowest BCUT2D eigenvalue weighted by Gasteiger charge is -2.36. The van der Waals surface area contributed by atoms with Gasteiger partial charge in [0.1, 0.15) is 35.6 Å². The van der Waals surface area contributed by atoms with E-state index in [0.717, 1.165) is 60.7 Å². The van der Waals surface area contributed by atoms with E-state index in [1.54, 1.807) is 17.0 Å². The fourth-order valence-corrected chi connectivity index (χ4v) is 5.92. The number of carboxylic acid groups (broad SMARTS) is 2. The molecule has 2 aliphatic heterocycles. The second-order valence-corrected chi connectivity index (χ2v) is 11.4. The van der Waals surface area contributed by atoms with E-state index >= 15 is 0 Å². The van der Waals surface area contributed by atoms with Crippen LogP contribution in [0.5, 0.6) is 11.5 Å². The average molecular weight is 662 g/mol. The number of aromatic carboxylic acids is 1. The van der Waals surface area contributed by atoms with Crippen molar-refractivity contribution in [3.05, 3.63) is 71.7 Å². The van der Waals surface area contributed by atoms with Gasteiger partial charge in [0.2, 0.25) is 5.91 Å². The van der Waals surface area contributed by atoms with E-state index in [4.69, 9.17) is 19.4 Å². The lowest BCUT2D eigenvalue weighted by molar-refractivity contribution is -0.921. The molecule has 0 bridgehead atoms. The van der Waals surface area contributed by atoms with Crippen molar-refractivity contribution in [2.45, 2.75) is 45.8 Å². The zero-order chi connectivity index (χ0) is 34.4. The number of aliphatic carboxylic acids is 1. The summed E-state index contributed by atoms with van der Waals surface area (Å²) < 4.78 is 57.2. The summed E-state index contributed by atoms with van der Waals surface area (Å²) in [7, 11) is 0. The Morgan fingerprint density at radius 3 is 2.11 bits per heavy atom. The van der Waals surface area contributed by atoms with Gasteiger partial charge in [-0.1, -0.05) is 12.1 Å². The molecule has 0 aliphatic carbocycles. The molecular weight excluding hydrogens is 626 g/mol. The summed E-state index contributed by atoms with van der Waals surface area (Å²) in [6.45, 7) is 8.06. The number of anilines is 1. The van der Waals surface area contributed by atoms with Crippen LogP contribution in [0.2, 0.25) is 0 Å². The summed E-state index contributed by atoms with van der Waals surface area (Å²) in [5, 5.41) is 18.1. The molecule has 14 heteroatoms. The second-order valence-electron chi connectivity index (χ2n) is 11.4. The molecule has 0 radical (unpaired) electrons. The number of hydrogen-bond acceptors (Lipinski definition) is 7. The van der Waals surface area contributed by atoms with E-state index in [0.29, 0.717) is 32.0 Å². The molecule has 2 saturated heterocycles. The molecular formula is C33H35F4N3O7. The number of halogens is 4. The number of carbonyl (C=O) groups excluding carboxylic acids is 2. The van der Waals surface area contributed by atoms with E-state index in [2.05, 4.69) is 17.1 Å². The fourth-order valence-electron chi connectivity index (χ4n) is 5.92. The van der Waals surface area contributed by atoms with Crippen LogP contribution in [0.25, 0.3) is 11.1 Å². The Balaban J connectivity index is 0.000000644. The Kier molecular flexibility index (Phi) is 11.1. The molecule has 10 nitrogen and oxygen atoms in total. The molecule has 47 heavy (non-hydrogen) atoms. The topological polar surface area (TPSA) is 134 Å². The maximum atomic E-state index is 13.6. The van der Waals surface area contributed by atoms with Crippen molar-refractivity contribution < 1.29 is 56.5 Å². The van der Waals surface area contributed by atoms with Gasteiger partial charge in [-0.3, -0.25) is 9.69 Å². The Labute approximate surface area is 268 Å². The molecule has 3 heterocycles. The molecule has 2 fully saturated rings. The first-order valence-electron chi connectivity index (χ1n) is 15.0. The summed E-state index contributed by atoms with van der Waals surface area (Å²) in [5.74, 6) is -2.49. The molecule has 0 unspecified atom stereocenters. The predicted molar refractivity (Wildman–Crippen MR) is 159 cm³/mol. The molecule has 252 valence electrons. The number of alkyl halides is 3. The Morgan fingerprint density at radius 1 is 1.02 bits per heavy atom. The number of nitrogens with zero attached hydrogens (tertiary/aromatic N) is 2. The van der Waals surface area contributed by atoms with Crippen LogP contribution in [-0.4, -0.2) is 67.0 Å². The number of rotatable bonds is 9. The monoisotopic (exact) mass is 661 g/mol. The van der Waals surface area contributed by atoms with Gasteiger partial charge >= 0.3 is 12.1 Å². The number of carbonyl (C=O) groups is 3. The summed E-state index contributed by atoms with van der Waals surface area (Å²) >= 11 is 0. The number of amides is 1. The molecule has 1 spiro atoms. The van der Waals surface area contributed by atoms with E-state index in [1.807, 2.05) is 13.8 Å². The van der Waals surface area contributed by atoms with Gasteiger partial charge in [0, 0.05) is 43.0 Å². The molecule has 3 aromatic rings. The largest absolute Gasteiger partial charge is 0.542 e. The van der Waals surface area contributed by atoms with Gasteiger partial charge in [0.25, 0.3) is 0 Å². The van der Waals surface area contributed by atoms with Gasteiger partial charge in [-0.15, -0.1) is 0 Å². The van der Waals surface area contributed by atoms with Gasteiger partial charge < -0.3 is 29.4 Å². The lowest BCUT2D eigenvalue weighted by atomic mass is 9.77. The first-order valence-corrected chi connectivity index (χ1v) is 15.0. The Bertz CT molecular complexity index is 1560. The van der Waals surface area contributed by atoms with Crippen LogP contribution in [-0.2, 0) is 16.1 Å². The summed E-state index contributed by atoms with van der Waals surface area (Å²) in [6.07, 6.45) is -1.51. The summed E-state index contributed by atoms with van der Waals surface area (Å²) in [5.41, 5.74) is 2.76. The van der Waals surface area contributed by atoms with E-state index in [-0.39, 0.29) is 22.7 Å². The molecule has 5 rings (SSSR count). The number of carboxylic acids is 2. The third-order valence-electron chi connectivity index (χ3n) is 8.15. The van der Waals surface area contributed by atoms with Crippen molar-refractivity contribution >= 4 is 23.7 Å². The first kappa shape index (κ1) is 35.1. The smallest absolute Gasteiger partial charge is 0.430 e. The van der Waals surface area contributed by atoms with Gasteiger partial charge in [-0.2, -0.15) is 13.2 Å². The lowest BCUT2D eigenvalue weighted by Crippen LogP contribution is -3.12. The van der Waals surface area contributed by atoms with Gasteiger partial charge in [-0.25, -0.2) is 14.2 Å². The summed E-state index contributed by atoms with van der Waals surface area (Å²) in [4.78, 5) is 40.5. The Morgan fingerprint density at radius 2 is 1.60 bits per heavy atom. The SMILES string of the molecule is CCOc1cc(C[NH+]2CCC3(CC2)CC(=O)N(c2cc(C(=O)O)ccn2)C3)cc(OCC)c1-c1ccc(F)cc1.O=C([O-])C(F)(F)F. The Hall–Kier alpha value is -4.72. The minimum absolute atomic E-state index is 0.00224. The van der Waals surface area contributed by atoms with Crippen LogP contribution in [0.1, 0.15) is 49.0 Å². The first-order chi connectivity index (χ1) is 22.2. The second kappa shape index (κ2) is 14.8. The highest BCUT2D eigenvalue weighted by Gasteiger charge is 2.47. The molecule has 2 N–H and O–H groups in total. The normalized spacial score (nSPS) is 19.2. The maximum absolute atomic E-state index is 13.6. The highest BCUT2D eigenvalue weighted by molar-refractivity contribution is 5.97. The van der Waals surface area contributed by atoms with Crippen molar-refractivity contribution in [3.8, 4) is 22.6 Å². The number of hydrogen-bond donors (Lipinski definition) is 2. The predicted octanol–water partition coefficient (Wildman–Crippen LogP) is 3.28. The number of likely N-dealkylation sites (tertiary alicyclic amines) is 1. The van der Waals surface area contributed by atoms with E-state index in [1.165, 1.54) is 35.4 Å². The van der Waals surface area contributed by atoms with Crippen molar-refractivity contribution in [1.29, 1.82) is 0 Å². The van der Waals surface area contributed by atoms with Crippen LogP contribution in [0, 0.1) is 11.2 Å². The van der Waals surface area contributed by atoms with Crippen molar-refractivity contribution in [2.75, 3.05) is 37.7 Å². The van der Waals surface area contributed by atoms with Crippen LogP contribution >= 0.6 is 0 Å². The number of piperidine rings is 1. The minimum Gasteiger partial charge on any atom is -0.542 e. The molecule has 1 amide bonds. The molecule has 1 aromatic heterocycles. The number of nitrogens with one attached hydrogen (secondary N) is 1. The van der Waals surface area contributed by atoms with Crippen LogP contribution in [0.3, 0.4) is 0 Å². The van der Waals surface area contributed by atoms with Crippen LogP contribution in [0.15, 0.2) is 54.7 Å². The van der Waals surface area contributed by atoms with Gasteiger partial charge in [-0.05, 0) is 55.8 Å². The third-order valence-corrected chi connectivity index (χ3v) is 8.15. The van der Waals surface area contributed by atoms with E-state index in [9.17, 15) is 32.3 Å². The number of quaternary nitrogens is 1. The highest BCUT2D eigenvalue weighted by atomic mass is 19.4. The average Bonchev–Trinajstić information content (AvgIpc) is 3.34.